The van der Waals surface area contributed by atoms with Crippen molar-refractivity contribution in [3.05, 3.63) is 29.8 Å². The van der Waals surface area contributed by atoms with Gasteiger partial charge in [-0.1, -0.05) is 12.1 Å². The van der Waals surface area contributed by atoms with Crippen LogP contribution in [0.1, 0.15) is 18.4 Å². The van der Waals surface area contributed by atoms with Crippen molar-refractivity contribution in [2.24, 2.45) is 0 Å². The number of thioether (sulfide) groups is 1. The second kappa shape index (κ2) is 8.04. The van der Waals surface area contributed by atoms with Crippen molar-refractivity contribution >= 4 is 17.8 Å². The number of hydrogen-bond acceptors (Lipinski definition) is 4. The first-order valence-corrected chi connectivity index (χ1v) is 9.47. The number of amides is 2. The lowest BCUT2D eigenvalue weighted by atomic mass is 10.2. The number of carbonyl (C=O) groups is 1. The third-order valence-electron chi connectivity index (χ3n) is 4.56. The van der Waals surface area contributed by atoms with E-state index in [1.165, 1.54) is 24.3 Å². The number of carbonyl (C=O) groups excluding carboxylic acids is 1. The highest BCUT2D eigenvalue weighted by Gasteiger charge is 2.32. The van der Waals surface area contributed by atoms with Gasteiger partial charge in [-0.05, 0) is 43.3 Å². The summed E-state index contributed by atoms with van der Waals surface area (Å²) >= 11 is 1.71. The smallest absolute Gasteiger partial charge is 0.315 e. The van der Waals surface area contributed by atoms with Crippen molar-refractivity contribution in [1.29, 1.82) is 0 Å². The van der Waals surface area contributed by atoms with Crippen LogP contribution in [0.25, 0.3) is 0 Å². The van der Waals surface area contributed by atoms with Gasteiger partial charge in [-0.15, -0.1) is 11.8 Å². The largest absolute Gasteiger partial charge is 0.373 e. The van der Waals surface area contributed by atoms with Crippen LogP contribution in [0.15, 0.2) is 29.2 Å². The number of ether oxygens (including phenoxy) is 1. The molecule has 2 heterocycles. The molecule has 2 aliphatic heterocycles. The predicted octanol–water partition coefficient (Wildman–Crippen LogP) is 2.07. The van der Waals surface area contributed by atoms with Gasteiger partial charge in [-0.25, -0.2) is 4.79 Å². The molecule has 2 atom stereocenters. The Morgan fingerprint density at radius 2 is 2.17 bits per heavy atom. The quantitative estimate of drug-likeness (QED) is 0.809. The number of fused-ring (bicyclic) bond motifs is 1. The third-order valence-corrected chi connectivity index (χ3v) is 5.31. The minimum atomic E-state index is -0.133. The topological polar surface area (TPSA) is 53.6 Å². The summed E-state index contributed by atoms with van der Waals surface area (Å²) in [5.74, 6) is 0. The summed E-state index contributed by atoms with van der Waals surface area (Å²) in [5.41, 5.74) is 1.10. The zero-order valence-electron chi connectivity index (χ0n) is 13.6. The average Bonchev–Trinajstić information content (AvgIpc) is 3.06. The van der Waals surface area contributed by atoms with Gasteiger partial charge in [-0.3, -0.25) is 4.90 Å². The summed E-state index contributed by atoms with van der Waals surface area (Å²) in [6.07, 6.45) is 4.68. The summed E-state index contributed by atoms with van der Waals surface area (Å²) in [5, 5.41) is 5.82. The van der Waals surface area contributed by atoms with Crippen LogP contribution in [0.4, 0.5) is 4.79 Å². The summed E-state index contributed by atoms with van der Waals surface area (Å²) in [6, 6.07) is 8.70. The van der Waals surface area contributed by atoms with Crippen LogP contribution < -0.4 is 10.6 Å². The van der Waals surface area contributed by atoms with Crippen molar-refractivity contribution in [1.82, 2.24) is 15.5 Å². The van der Waals surface area contributed by atoms with E-state index < -0.39 is 0 Å². The number of nitrogens with one attached hydrogen (secondary N) is 2. The highest BCUT2D eigenvalue weighted by Crippen LogP contribution is 2.22. The van der Waals surface area contributed by atoms with Gasteiger partial charge in [-0.2, -0.15) is 0 Å². The molecule has 5 nitrogen and oxygen atoms in total. The third kappa shape index (κ3) is 4.62. The first-order chi connectivity index (χ1) is 11.2. The van der Waals surface area contributed by atoms with Gasteiger partial charge in [0, 0.05) is 30.6 Å². The number of morpholine rings is 1. The molecule has 2 fully saturated rings. The van der Waals surface area contributed by atoms with Gasteiger partial charge in [0.2, 0.25) is 0 Å². The molecule has 0 unspecified atom stereocenters. The molecule has 6 heteroatoms. The normalized spacial score (nSPS) is 24.2. The zero-order chi connectivity index (χ0) is 16.1. The van der Waals surface area contributed by atoms with Gasteiger partial charge < -0.3 is 15.4 Å². The van der Waals surface area contributed by atoms with Gasteiger partial charge >= 0.3 is 6.03 Å². The van der Waals surface area contributed by atoms with Crippen LogP contribution in [0.5, 0.6) is 0 Å². The molecule has 0 saturated carbocycles. The fraction of sp³-hybridized carbons (Fsp3) is 0.588. The molecule has 0 aromatic heterocycles. The second-order valence-corrected chi connectivity index (χ2v) is 7.04. The van der Waals surface area contributed by atoms with E-state index in [2.05, 4.69) is 33.9 Å². The van der Waals surface area contributed by atoms with Crippen molar-refractivity contribution in [2.45, 2.75) is 36.4 Å². The standard InChI is InChI=1S/C17H25N3O2S/c1-23-16-6-4-13(5-7-16)9-18-17(21)19-10-15-11-20-8-2-3-14(20)12-22-15/h4-7,14-15H,2-3,8-12H2,1H3,(H2,18,19,21)/t14-,15+/m1/s1. The molecule has 0 radical (unpaired) electrons. The highest BCUT2D eigenvalue weighted by molar-refractivity contribution is 7.98. The Balaban J connectivity index is 1.36. The molecule has 2 N–H and O–H groups in total. The monoisotopic (exact) mass is 335 g/mol. The number of nitrogens with zero attached hydrogens (tertiary/aromatic N) is 1. The van der Waals surface area contributed by atoms with E-state index in [-0.39, 0.29) is 12.1 Å². The van der Waals surface area contributed by atoms with Crippen molar-refractivity contribution in [3.8, 4) is 0 Å². The van der Waals surface area contributed by atoms with E-state index in [4.69, 9.17) is 4.74 Å². The van der Waals surface area contributed by atoms with E-state index in [0.717, 1.165) is 18.7 Å². The molecule has 3 rings (SSSR count). The summed E-state index contributed by atoms with van der Waals surface area (Å²) in [7, 11) is 0. The maximum absolute atomic E-state index is 11.9. The molecule has 2 amide bonds. The Kier molecular flexibility index (Phi) is 5.80. The summed E-state index contributed by atoms with van der Waals surface area (Å²) in [6.45, 7) is 4.01. The fourth-order valence-corrected chi connectivity index (χ4v) is 3.61. The molecule has 0 bridgehead atoms. The lowest BCUT2D eigenvalue weighted by molar-refractivity contribution is -0.0457. The van der Waals surface area contributed by atoms with E-state index in [1.807, 2.05) is 12.1 Å². The van der Waals surface area contributed by atoms with E-state index >= 15 is 0 Å². The zero-order valence-corrected chi connectivity index (χ0v) is 14.4. The number of rotatable bonds is 5. The van der Waals surface area contributed by atoms with Crippen molar-refractivity contribution in [2.75, 3.05) is 32.5 Å². The average molecular weight is 335 g/mol. The number of benzene rings is 1. The van der Waals surface area contributed by atoms with Crippen LogP contribution in [-0.4, -0.2) is 55.6 Å². The minimum absolute atomic E-state index is 0.107. The Morgan fingerprint density at radius 1 is 1.35 bits per heavy atom. The predicted molar refractivity (Wildman–Crippen MR) is 92.8 cm³/mol. The Labute approximate surface area is 142 Å². The molecule has 126 valence electrons. The summed E-state index contributed by atoms with van der Waals surface area (Å²) in [4.78, 5) is 15.6. The van der Waals surface area contributed by atoms with Crippen LogP contribution >= 0.6 is 11.8 Å². The lowest BCUT2D eigenvalue weighted by Crippen LogP contribution is -2.51. The maximum Gasteiger partial charge on any atom is 0.315 e. The first kappa shape index (κ1) is 16.6. The van der Waals surface area contributed by atoms with Crippen molar-refractivity contribution in [3.63, 3.8) is 0 Å². The second-order valence-electron chi connectivity index (χ2n) is 6.16. The molecule has 1 aromatic rings. The van der Waals surface area contributed by atoms with Crippen LogP contribution in [0.3, 0.4) is 0 Å². The maximum atomic E-state index is 11.9. The lowest BCUT2D eigenvalue weighted by Gasteiger charge is -2.35. The van der Waals surface area contributed by atoms with Gasteiger partial charge in [0.05, 0.1) is 12.7 Å². The van der Waals surface area contributed by atoms with E-state index in [9.17, 15) is 4.79 Å². The number of hydrogen-bond donors (Lipinski definition) is 2. The van der Waals surface area contributed by atoms with Crippen molar-refractivity contribution < 1.29 is 9.53 Å². The molecule has 1 aromatic carbocycles. The van der Waals surface area contributed by atoms with Crippen LogP contribution in [-0.2, 0) is 11.3 Å². The molecule has 2 saturated heterocycles. The van der Waals surface area contributed by atoms with Gasteiger partial charge in [0.1, 0.15) is 0 Å². The number of urea groups is 1. The Bertz CT molecular complexity index is 523. The SMILES string of the molecule is CSc1ccc(CNC(=O)NC[C@H]2CN3CCC[C@@H]3CO2)cc1. The Morgan fingerprint density at radius 3 is 2.96 bits per heavy atom. The van der Waals surface area contributed by atoms with Gasteiger partial charge in [0.15, 0.2) is 0 Å². The molecular weight excluding hydrogens is 310 g/mol. The molecule has 0 aliphatic carbocycles. The first-order valence-electron chi connectivity index (χ1n) is 8.25. The summed E-state index contributed by atoms with van der Waals surface area (Å²) < 4.78 is 5.84. The Hall–Kier alpha value is -1.24. The fourth-order valence-electron chi connectivity index (χ4n) is 3.20. The molecule has 2 aliphatic rings. The molecule has 0 spiro atoms. The van der Waals surface area contributed by atoms with E-state index in [1.54, 1.807) is 11.8 Å². The molecule has 23 heavy (non-hydrogen) atoms. The minimum Gasteiger partial charge on any atom is -0.373 e. The van der Waals surface area contributed by atoms with E-state index in [0.29, 0.717) is 19.1 Å². The van der Waals surface area contributed by atoms with Crippen LogP contribution in [0, 0.1) is 0 Å². The molecular formula is C17H25N3O2S. The van der Waals surface area contributed by atoms with Gasteiger partial charge in [0.25, 0.3) is 0 Å². The van der Waals surface area contributed by atoms with Crippen LogP contribution in [0.2, 0.25) is 0 Å². The highest BCUT2D eigenvalue weighted by atomic mass is 32.2.